The first kappa shape index (κ1) is 36.9. The van der Waals surface area contributed by atoms with Crippen LogP contribution in [0, 0.1) is 12.8 Å². The summed E-state index contributed by atoms with van der Waals surface area (Å²) in [6.07, 6.45) is 11.6. The lowest BCUT2D eigenvalue weighted by Crippen LogP contribution is -2.30. The van der Waals surface area contributed by atoms with Crippen LogP contribution in [-0.2, 0) is 28.0 Å². The van der Waals surface area contributed by atoms with Crippen molar-refractivity contribution in [1.82, 2.24) is 0 Å². The van der Waals surface area contributed by atoms with E-state index in [1.165, 1.54) is 5.57 Å². The zero-order valence-electron chi connectivity index (χ0n) is 31.0. The highest BCUT2D eigenvalue weighted by atomic mass is 16.6. The Morgan fingerprint density at radius 2 is 1.52 bits per heavy atom. The molecule has 0 saturated heterocycles. The SMILES string of the molecule is C=C(C)[C@@H]1CCC(C)=C[C@H]1c1c(O)cc(CCCCC)cc1OC(=O)C(=O)Oc1cc(CCCCC)cc2c1-c1cc(C)ccc1C(C)(C)O2. The van der Waals surface area contributed by atoms with Crippen molar-refractivity contribution >= 4 is 11.9 Å². The summed E-state index contributed by atoms with van der Waals surface area (Å²) in [7, 11) is 0. The number of fused-ring (bicyclic) bond motifs is 3. The fraction of sp³-hybridized carbons (Fsp3) is 0.455. The number of ether oxygens (including phenoxy) is 3. The predicted molar refractivity (Wildman–Crippen MR) is 200 cm³/mol. The third kappa shape index (κ3) is 8.17. The molecular weight excluding hydrogens is 624 g/mol. The lowest BCUT2D eigenvalue weighted by molar-refractivity contribution is -0.156. The molecule has 2 atom stereocenters. The Bertz CT molecular complexity index is 1790. The first-order valence-electron chi connectivity index (χ1n) is 18.4. The van der Waals surface area contributed by atoms with Gasteiger partial charge in [-0.1, -0.05) is 87.1 Å². The van der Waals surface area contributed by atoms with Crippen LogP contribution in [0.2, 0.25) is 0 Å². The van der Waals surface area contributed by atoms with Crippen molar-refractivity contribution in [2.45, 2.75) is 124 Å². The van der Waals surface area contributed by atoms with Gasteiger partial charge in [0.25, 0.3) is 0 Å². The molecular formula is C44H54O6. The van der Waals surface area contributed by atoms with Crippen LogP contribution in [0.1, 0.15) is 127 Å². The molecule has 1 N–H and O–H groups in total. The summed E-state index contributed by atoms with van der Waals surface area (Å²) in [5, 5.41) is 11.5. The number of rotatable bonds is 12. The molecule has 1 aliphatic carbocycles. The monoisotopic (exact) mass is 678 g/mol. The van der Waals surface area contributed by atoms with E-state index < -0.39 is 17.5 Å². The molecule has 5 rings (SSSR count). The van der Waals surface area contributed by atoms with E-state index in [0.717, 1.165) is 91.2 Å². The number of aromatic hydroxyl groups is 1. The van der Waals surface area contributed by atoms with Crippen molar-refractivity contribution in [3.63, 3.8) is 0 Å². The first-order valence-corrected chi connectivity index (χ1v) is 18.4. The van der Waals surface area contributed by atoms with Gasteiger partial charge in [-0.15, -0.1) is 0 Å². The minimum atomic E-state index is -1.15. The summed E-state index contributed by atoms with van der Waals surface area (Å²) in [4.78, 5) is 27.5. The number of phenolic OH excluding ortho intramolecular Hbond substituents is 1. The molecule has 0 radical (unpaired) electrons. The van der Waals surface area contributed by atoms with E-state index in [1.54, 1.807) is 12.1 Å². The molecule has 0 spiro atoms. The summed E-state index contributed by atoms with van der Waals surface area (Å²) in [6.45, 7) is 18.7. The summed E-state index contributed by atoms with van der Waals surface area (Å²) in [5.74, 6) is -1.36. The zero-order valence-corrected chi connectivity index (χ0v) is 31.0. The van der Waals surface area contributed by atoms with Crippen molar-refractivity contribution in [2.75, 3.05) is 0 Å². The van der Waals surface area contributed by atoms with Crippen molar-refractivity contribution in [3.8, 4) is 34.1 Å². The van der Waals surface area contributed by atoms with Gasteiger partial charge in [-0.05, 0) is 120 Å². The Morgan fingerprint density at radius 1 is 0.900 bits per heavy atom. The number of benzene rings is 3. The molecule has 266 valence electrons. The highest BCUT2D eigenvalue weighted by molar-refractivity contribution is 6.31. The molecule has 0 bridgehead atoms. The van der Waals surface area contributed by atoms with E-state index in [9.17, 15) is 14.7 Å². The van der Waals surface area contributed by atoms with Gasteiger partial charge in [0.2, 0.25) is 0 Å². The van der Waals surface area contributed by atoms with Gasteiger partial charge in [0.05, 0.1) is 5.56 Å². The molecule has 3 aromatic rings. The van der Waals surface area contributed by atoms with Crippen molar-refractivity contribution in [2.24, 2.45) is 5.92 Å². The van der Waals surface area contributed by atoms with Crippen LogP contribution in [0.25, 0.3) is 11.1 Å². The Kier molecular flexibility index (Phi) is 11.6. The third-order valence-electron chi connectivity index (χ3n) is 10.2. The summed E-state index contributed by atoms with van der Waals surface area (Å²) in [5.41, 5.74) is 7.47. The van der Waals surface area contributed by atoms with Gasteiger partial charge < -0.3 is 19.3 Å². The fourth-order valence-corrected chi connectivity index (χ4v) is 7.51. The lowest BCUT2D eigenvalue weighted by Gasteiger charge is -2.36. The standard InChI is InChI=1S/C44H54O6/c1-9-11-13-15-30-23-36(45)40(33-21-28(5)17-19-32(33)27(3)4)37(24-30)48-42(46)43(47)49-38-25-31(16-14-12-10-2)26-39-41(38)34-22-29(6)18-20-35(34)44(7,8)50-39/h18,20-26,32-33,45H,3,9-17,19H2,1-2,4-8H3/t32-,33+/m0/s1. The number of hydrogen-bond acceptors (Lipinski definition) is 6. The normalized spacial score (nSPS) is 17.5. The van der Waals surface area contributed by atoms with E-state index >= 15 is 0 Å². The molecule has 2 aliphatic rings. The highest BCUT2D eigenvalue weighted by Gasteiger charge is 2.37. The molecule has 6 nitrogen and oxygen atoms in total. The van der Waals surface area contributed by atoms with Gasteiger partial charge in [-0.3, -0.25) is 0 Å². The van der Waals surface area contributed by atoms with Crippen molar-refractivity contribution in [3.05, 3.63) is 94.1 Å². The average Bonchev–Trinajstić information content (AvgIpc) is 3.04. The van der Waals surface area contributed by atoms with E-state index in [2.05, 4.69) is 39.5 Å². The van der Waals surface area contributed by atoms with E-state index in [0.29, 0.717) is 23.3 Å². The number of phenols is 1. The molecule has 0 fully saturated rings. The van der Waals surface area contributed by atoms with E-state index in [4.69, 9.17) is 14.2 Å². The number of unbranched alkanes of at least 4 members (excludes halogenated alkanes) is 4. The van der Waals surface area contributed by atoms with E-state index in [1.807, 2.05) is 52.0 Å². The maximum atomic E-state index is 13.7. The minimum Gasteiger partial charge on any atom is -0.507 e. The van der Waals surface area contributed by atoms with Crippen molar-refractivity contribution in [1.29, 1.82) is 0 Å². The van der Waals surface area contributed by atoms with Crippen LogP contribution in [0.15, 0.2) is 66.3 Å². The van der Waals surface area contributed by atoms with Crippen LogP contribution < -0.4 is 14.2 Å². The lowest BCUT2D eigenvalue weighted by atomic mass is 9.73. The van der Waals surface area contributed by atoms with Gasteiger partial charge in [0, 0.05) is 17.0 Å². The fourth-order valence-electron chi connectivity index (χ4n) is 7.51. The predicted octanol–water partition coefficient (Wildman–Crippen LogP) is 11.0. The molecule has 3 aromatic carbocycles. The van der Waals surface area contributed by atoms with Gasteiger partial charge >= 0.3 is 11.9 Å². The van der Waals surface area contributed by atoms with Gasteiger partial charge in [-0.25, -0.2) is 9.59 Å². The zero-order chi connectivity index (χ0) is 36.2. The molecule has 0 unspecified atom stereocenters. The molecule has 6 heteroatoms. The van der Waals surface area contributed by atoms with Gasteiger partial charge in [-0.2, -0.15) is 0 Å². The Balaban J connectivity index is 1.53. The second kappa shape index (κ2) is 15.7. The summed E-state index contributed by atoms with van der Waals surface area (Å²) < 4.78 is 18.5. The second-order valence-corrected chi connectivity index (χ2v) is 14.9. The van der Waals surface area contributed by atoms with Crippen LogP contribution in [0.4, 0.5) is 0 Å². The smallest absolute Gasteiger partial charge is 0.423 e. The van der Waals surface area contributed by atoms with Crippen LogP contribution >= 0.6 is 0 Å². The largest absolute Gasteiger partial charge is 0.507 e. The average molecular weight is 679 g/mol. The van der Waals surface area contributed by atoms with E-state index in [-0.39, 0.29) is 29.1 Å². The number of carbonyl (C=O) groups excluding carboxylic acids is 2. The molecule has 1 heterocycles. The first-order chi connectivity index (χ1) is 23.8. The maximum Gasteiger partial charge on any atom is 0.423 e. The van der Waals surface area contributed by atoms with Crippen molar-refractivity contribution < 1.29 is 28.9 Å². The quantitative estimate of drug-likeness (QED) is 0.0675. The molecule has 0 amide bonds. The van der Waals surface area contributed by atoms with Crippen LogP contribution in [0.3, 0.4) is 0 Å². The number of carbonyl (C=O) groups is 2. The summed E-state index contributed by atoms with van der Waals surface area (Å²) in [6, 6.07) is 13.6. The van der Waals surface area contributed by atoms with Gasteiger partial charge in [0.15, 0.2) is 0 Å². The molecule has 0 saturated carbocycles. The minimum absolute atomic E-state index is 0.0506. The topological polar surface area (TPSA) is 82.1 Å². The molecule has 50 heavy (non-hydrogen) atoms. The molecule has 0 aromatic heterocycles. The maximum absolute atomic E-state index is 13.7. The second-order valence-electron chi connectivity index (χ2n) is 14.9. The van der Waals surface area contributed by atoms with Gasteiger partial charge in [0.1, 0.15) is 28.6 Å². The number of aryl methyl sites for hydroxylation is 3. The third-order valence-corrected chi connectivity index (χ3v) is 10.2. The number of allylic oxidation sites excluding steroid dienone is 3. The summed E-state index contributed by atoms with van der Waals surface area (Å²) >= 11 is 0. The Morgan fingerprint density at radius 3 is 2.16 bits per heavy atom. The Hall–Kier alpha value is -4.32. The van der Waals surface area contributed by atoms with Crippen LogP contribution in [-0.4, -0.2) is 17.0 Å². The van der Waals surface area contributed by atoms with Crippen LogP contribution in [0.5, 0.6) is 23.0 Å². The highest BCUT2D eigenvalue weighted by Crippen LogP contribution is 2.51. The Labute approximate surface area is 298 Å². The molecule has 1 aliphatic heterocycles. The number of hydrogen-bond donors (Lipinski definition) is 1. The number of esters is 2.